The summed E-state index contributed by atoms with van der Waals surface area (Å²) in [6, 6.07) is 8.72. The van der Waals surface area contributed by atoms with Crippen LogP contribution in [0.3, 0.4) is 0 Å². The molecule has 1 fully saturated rings. The van der Waals surface area contributed by atoms with E-state index < -0.39 is 27.6 Å². The van der Waals surface area contributed by atoms with Crippen LogP contribution in [-0.2, 0) is 14.8 Å². The van der Waals surface area contributed by atoms with E-state index in [1.165, 1.54) is 34.0 Å². The first-order valence-electron chi connectivity index (χ1n) is 9.25. The van der Waals surface area contributed by atoms with E-state index in [-0.39, 0.29) is 39.9 Å². The SMILES string of the molecule is O=C(Nc1nc(-c2cc(F)ccc2F)cs1)c1cccc(S(=O)(=O)N2CCOCC2)c1. The third-order valence-corrected chi connectivity index (χ3v) is 7.29. The Bertz CT molecular complexity index is 1220. The summed E-state index contributed by atoms with van der Waals surface area (Å²) in [6.45, 7) is 1.13. The summed E-state index contributed by atoms with van der Waals surface area (Å²) in [6.07, 6.45) is 0. The van der Waals surface area contributed by atoms with E-state index in [0.29, 0.717) is 13.2 Å². The molecule has 1 aliphatic heterocycles. The Morgan fingerprint density at radius 1 is 1.13 bits per heavy atom. The summed E-state index contributed by atoms with van der Waals surface area (Å²) in [4.78, 5) is 16.8. The summed E-state index contributed by atoms with van der Waals surface area (Å²) in [5.41, 5.74) is 0.291. The van der Waals surface area contributed by atoms with Crippen LogP contribution in [0.4, 0.5) is 13.9 Å². The Morgan fingerprint density at radius 2 is 1.90 bits per heavy atom. The lowest BCUT2D eigenvalue weighted by Gasteiger charge is -2.26. The normalized spacial score (nSPS) is 15.0. The molecule has 31 heavy (non-hydrogen) atoms. The number of nitrogens with zero attached hydrogens (tertiary/aromatic N) is 2. The van der Waals surface area contributed by atoms with E-state index in [0.717, 1.165) is 29.5 Å². The highest BCUT2D eigenvalue weighted by molar-refractivity contribution is 7.89. The number of halogens is 2. The van der Waals surface area contributed by atoms with Crippen LogP contribution in [0.1, 0.15) is 10.4 Å². The molecule has 7 nitrogen and oxygen atoms in total. The number of amides is 1. The molecular formula is C20H17F2N3O4S2. The van der Waals surface area contributed by atoms with Gasteiger partial charge in [-0.1, -0.05) is 6.07 Å². The molecule has 0 spiro atoms. The molecule has 3 aromatic rings. The van der Waals surface area contributed by atoms with Crippen LogP contribution >= 0.6 is 11.3 Å². The van der Waals surface area contributed by atoms with Gasteiger partial charge < -0.3 is 4.74 Å². The van der Waals surface area contributed by atoms with Crippen LogP contribution in [0.25, 0.3) is 11.3 Å². The van der Waals surface area contributed by atoms with Gasteiger partial charge in [-0.15, -0.1) is 11.3 Å². The van der Waals surface area contributed by atoms with Crippen molar-refractivity contribution in [3.63, 3.8) is 0 Å². The molecule has 0 saturated carbocycles. The lowest BCUT2D eigenvalue weighted by atomic mass is 10.1. The van der Waals surface area contributed by atoms with Gasteiger partial charge in [0.15, 0.2) is 5.13 Å². The highest BCUT2D eigenvalue weighted by Gasteiger charge is 2.27. The monoisotopic (exact) mass is 465 g/mol. The molecule has 1 N–H and O–H groups in total. The van der Waals surface area contributed by atoms with E-state index in [1.54, 1.807) is 0 Å². The smallest absolute Gasteiger partial charge is 0.257 e. The molecule has 4 rings (SSSR count). The topological polar surface area (TPSA) is 88.6 Å². The van der Waals surface area contributed by atoms with E-state index >= 15 is 0 Å². The van der Waals surface area contributed by atoms with Gasteiger partial charge >= 0.3 is 0 Å². The van der Waals surface area contributed by atoms with Gasteiger partial charge in [0, 0.05) is 29.6 Å². The van der Waals surface area contributed by atoms with Gasteiger partial charge in [0.05, 0.1) is 23.8 Å². The molecule has 0 atom stereocenters. The quantitative estimate of drug-likeness (QED) is 0.624. The lowest BCUT2D eigenvalue weighted by molar-refractivity contribution is 0.0730. The highest BCUT2D eigenvalue weighted by Crippen LogP contribution is 2.28. The second-order valence-electron chi connectivity index (χ2n) is 6.66. The molecule has 2 aromatic carbocycles. The van der Waals surface area contributed by atoms with Crippen LogP contribution in [0.5, 0.6) is 0 Å². The van der Waals surface area contributed by atoms with E-state index in [1.807, 2.05) is 0 Å². The summed E-state index contributed by atoms with van der Waals surface area (Å²) in [5, 5.41) is 4.23. The number of aromatic nitrogens is 1. The molecule has 0 radical (unpaired) electrons. The Labute approximate surface area is 181 Å². The highest BCUT2D eigenvalue weighted by atomic mass is 32.2. The minimum atomic E-state index is -3.75. The standard InChI is InChI=1S/C20H17F2N3O4S2/c21-14-4-5-17(22)16(11-14)18-12-30-20(23-18)24-19(26)13-2-1-3-15(10-13)31(27,28)25-6-8-29-9-7-25/h1-5,10-12H,6-9H2,(H,23,24,26). The predicted molar refractivity (Wildman–Crippen MR) is 111 cm³/mol. The maximum absolute atomic E-state index is 13.9. The van der Waals surface area contributed by atoms with Crippen LogP contribution in [0, 0.1) is 11.6 Å². The molecule has 1 aromatic heterocycles. The first kappa shape index (κ1) is 21.5. The van der Waals surface area contributed by atoms with Gasteiger partial charge in [0.2, 0.25) is 10.0 Å². The average molecular weight is 466 g/mol. The zero-order valence-corrected chi connectivity index (χ0v) is 17.7. The first-order valence-corrected chi connectivity index (χ1v) is 11.6. The Morgan fingerprint density at radius 3 is 2.68 bits per heavy atom. The number of benzene rings is 2. The fraction of sp³-hybridized carbons (Fsp3) is 0.200. The minimum absolute atomic E-state index is 0.00343. The lowest BCUT2D eigenvalue weighted by Crippen LogP contribution is -2.40. The average Bonchev–Trinajstić information content (AvgIpc) is 3.24. The third kappa shape index (κ3) is 4.64. The Kier molecular flexibility index (Phi) is 6.10. The maximum Gasteiger partial charge on any atom is 0.257 e. The third-order valence-electron chi connectivity index (χ3n) is 4.63. The van der Waals surface area contributed by atoms with Crippen molar-refractivity contribution in [2.45, 2.75) is 4.90 Å². The molecule has 162 valence electrons. The number of carbonyl (C=O) groups excluding carboxylic acids is 1. The Hall–Kier alpha value is -2.73. The van der Waals surface area contributed by atoms with Gasteiger partial charge in [-0.25, -0.2) is 22.2 Å². The number of thiazole rings is 1. The number of nitrogens with one attached hydrogen (secondary N) is 1. The molecule has 0 aliphatic carbocycles. The summed E-state index contributed by atoms with van der Waals surface area (Å²) >= 11 is 1.04. The first-order chi connectivity index (χ1) is 14.8. The zero-order valence-electron chi connectivity index (χ0n) is 16.0. The number of carbonyl (C=O) groups is 1. The van der Waals surface area contributed by atoms with E-state index in [9.17, 15) is 22.0 Å². The van der Waals surface area contributed by atoms with Crippen molar-refractivity contribution in [1.29, 1.82) is 0 Å². The number of hydrogen-bond acceptors (Lipinski definition) is 6. The van der Waals surface area contributed by atoms with Crippen molar-refractivity contribution in [1.82, 2.24) is 9.29 Å². The van der Waals surface area contributed by atoms with Crippen molar-refractivity contribution < 1.29 is 26.7 Å². The summed E-state index contributed by atoms with van der Waals surface area (Å²) < 4.78 is 59.5. The minimum Gasteiger partial charge on any atom is -0.379 e. The van der Waals surface area contributed by atoms with Crippen molar-refractivity contribution >= 4 is 32.4 Å². The molecular weight excluding hydrogens is 448 g/mol. The maximum atomic E-state index is 13.9. The molecule has 1 saturated heterocycles. The molecule has 0 unspecified atom stereocenters. The Balaban J connectivity index is 1.53. The fourth-order valence-corrected chi connectivity index (χ4v) is 5.21. The van der Waals surface area contributed by atoms with Crippen molar-refractivity contribution in [3.8, 4) is 11.3 Å². The zero-order chi connectivity index (χ0) is 22.0. The molecule has 0 bridgehead atoms. The van der Waals surface area contributed by atoms with Gasteiger partial charge in [-0.3, -0.25) is 10.1 Å². The van der Waals surface area contributed by atoms with Crippen LogP contribution in [0.15, 0.2) is 52.7 Å². The van der Waals surface area contributed by atoms with Crippen LogP contribution < -0.4 is 5.32 Å². The van der Waals surface area contributed by atoms with Gasteiger partial charge in [0.1, 0.15) is 11.6 Å². The summed E-state index contributed by atoms with van der Waals surface area (Å²) in [5.74, 6) is -1.81. The summed E-state index contributed by atoms with van der Waals surface area (Å²) in [7, 11) is -3.75. The largest absolute Gasteiger partial charge is 0.379 e. The van der Waals surface area contributed by atoms with Crippen molar-refractivity contribution in [2.75, 3.05) is 31.6 Å². The van der Waals surface area contributed by atoms with Crippen molar-refractivity contribution in [2.24, 2.45) is 0 Å². The van der Waals surface area contributed by atoms with Crippen molar-refractivity contribution in [3.05, 3.63) is 65.0 Å². The second-order valence-corrected chi connectivity index (χ2v) is 9.46. The number of hydrogen-bond donors (Lipinski definition) is 1. The molecule has 1 aliphatic rings. The predicted octanol–water partition coefficient (Wildman–Crippen LogP) is 3.36. The van der Waals surface area contributed by atoms with Crippen LogP contribution in [-0.4, -0.2) is 49.9 Å². The molecule has 2 heterocycles. The van der Waals surface area contributed by atoms with Crippen LogP contribution in [0.2, 0.25) is 0 Å². The number of sulfonamides is 1. The number of anilines is 1. The number of ether oxygens (including phenoxy) is 1. The second kappa shape index (κ2) is 8.79. The van der Waals surface area contributed by atoms with E-state index in [4.69, 9.17) is 4.74 Å². The fourth-order valence-electron chi connectivity index (χ4n) is 3.05. The number of morpholine rings is 1. The number of rotatable bonds is 5. The van der Waals surface area contributed by atoms with E-state index in [2.05, 4.69) is 10.3 Å². The molecule has 1 amide bonds. The van der Waals surface area contributed by atoms with Gasteiger partial charge in [0.25, 0.3) is 5.91 Å². The van der Waals surface area contributed by atoms with Gasteiger partial charge in [-0.2, -0.15) is 4.31 Å². The van der Waals surface area contributed by atoms with Gasteiger partial charge in [-0.05, 0) is 36.4 Å². The molecule has 11 heteroatoms.